The van der Waals surface area contributed by atoms with Crippen molar-refractivity contribution in [3.05, 3.63) is 107 Å². The Balaban J connectivity index is 1.52. The molecular formula is C32H31N3O5S. The molecule has 4 aromatic rings. The van der Waals surface area contributed by atoms with Crippen LogP contribution in [0.25, 0.3) is 11.8 Å². The summed E-state index contributed by atoms with van der Waals surface area (Å²) in [6, 6.07) is 13.3. The van der Waals surface area contributed by atoms with Gasteiger partial charge in [0.2, 0.25) is 6.79 Å². The molecule has 41 heavy (non-hydrogen) atoms. The van der Waals surface area contributed by atoms with E-state index in [4.69, 9.17) is 19.2 Å². The van der Waals surface area contributed by atoms with Gasteiger partial charge in [-0.05, 0) is 100 Å². The smallest absolute Gasteiger partial charge is 0.338 e. The van der Waals surface area contributed by atoms with Crippen LogP contribution in [0.2, 0.25) is 0 Å². The predicted octanol–water partition coefficient (Wildman–Crippen LogP) is 4.55. The molecule has 0 bridgehead atoms. The fourth-order valence-corrected chi connectivity index (χ4v) is 6.56. The maximum atomic E-state index is 14.1. The Kier molecular flexibility index (Phi) is 6.69. The number of allylic oxidation sites excluding steroid dienone is 1. The van der Waals surface area contributed by atoms with E-state index < -0.39 is 12.0 Å². The van der Waals surface area contributed by atoms with Crippen LogP contribution < -0.4 is 24.4 Å². The van der Waals surface area contributed by atoms with Crippen molar-refractivity contribution < 1.29 is 19.0 Å². The lowest BCUT2D eigenvalue weighted by atomic mass is 9.95. The van der Waals surface area contributed by atoms with Crippen LogP contribution in [0.5, 0.6) is 11.5 Å². The van der Waals surface area contributed by atoms with Gasteiger partial charge in [0, 0.05) is 17.1 Å². The van der Waals surface area contributed by atoms with Gasteiger partial charge >= 0.3 is 5.97 Å². The van der Waals surface area contributed by atoms with Gasteiger partial charge in [-0.1, -0.05) is 23.5 Å². The molecule has 0 aliphatic carbocycles. The molecule has 0 N–H and O–H groups in total. The number of fused-ring (bicyclic) bond motifs is 2. The first-order valence-corrected chi connectivity index (χ1v) is 14.4. The van der Waals surface area contributed by atoms with Crippen LogP contribution in [0.1, 0.15) is 53.5 Å². The van der Waals surface area contributed by atoms with Crippen LogP contribution in [-0.4, -0.2) is 28.5 Å². The molecule has 1 atom stereocenters. The Hall–Kier alpha value is -4.37. The molecule has 2 aromatic heterocycles. The van der Waals surface area contributed by atoms with Crippen molar-refractivity contribution in [1.82, 2.24) is 9.13 Å². The highest BCUT2D eigenvalue weighted by Gasteiger charge is 2.34. The van der Waals surface area contributed by atoms with Crippen molar-refractivity contribution in [2.45, 2.75) is 47.6 Å². The van der Waals surface area contributed by atoms with Crippen LogP contribution in [0.3, 0.4) is 0 Å². The second kappa shape index (κ2) is 10.2. The number of esters is 1. The normalized spacial score (nSPS) is 16.1. The van der Waals surface area contributed by atoms with E-state index in [2.05, 4.69) is 56.5 Å². The first-order chi connectivity index (χ1) is 19.7. The predicted molar refractivity (Wildman–Crippen MR) is 158 cm³/mol. The molecule has 0 radical (unpaired) electrons. The molecule has 6 rings (SSSR count). The number of ether oxygens (including phenoxy) is 3. The van der Waals surface area contributed by atoms with Gasteiger partial charge in [0.25, 0.3) is 5.56 Å². The number of aromatic nitrogens is 2. The van der Waals surface area contributed by atoms with Crippen LogP contribution in [0, 0.1) is 27.7 Å². The van der Waals surface area contributed by atoms with Crippen molar-refractivity contribution in [3.8, 4) is 17.2 Å². The quantitative estimate of drug-likeness (QED) is 0.329. The van der Waals surface area contributed by atoms with Gasteiger partial charge in [-0.3, -0.25) is 9.36 Å². The van der Waals surface area contributed by atoms with E-state index in [0.29, 0.717) is 37.7 Å². The minimum Gasteiger partial charge on any atom is -0.463 e. The van der Waals surface area contributed by atoms with Crippen LogP contribution in [0.4, 0.5) is 0 Å². The number of hydrogen-bond donors (Lipinski definition) is 0. The van der Waals surface area contributed by atoms with E-state index in [0.717, 1.165) is 22.6 Å². The first kappa shape index (κ1) is 26.8. The van der Waals surface area contributed by atoms with Crippen molar-refractivity contribution in [1.29, 1.82) is 0 Å². The third-order valence-corrected chi connectivity index (χ3v) is 8.72. The molecule has 4 heterocycles. The highest BCUT2D eigenvalue weighted by Crippen LogP contribution is 2.38. The lowest BCUT2D eigenvalue weighted by Crippen LogP contribution is -2.39. The Morgan fingerprint density at radius 1 is 1.05 bits per heavy atom. The molecule has 0 amide bonds. The number of carbonyl (C=O) groups is 1. The molecule has 210 valence electrons. The Labute approximate surface area is 241 Å². The Morgan fingerprint density at radius 2 is 1.83 bits per heavy atom. The van der Waals surface area contributed by atoms with Crippen molar-refractivity contribution in [2.75, 3.05) is 13.4 Å². The summed E-state index contributed by atoms with van der Waals surface area (Å²) in [5, 5.41) is 0. The second-order valence-electron chi connectivity index (χ2n) is 10.3. The fraction of sp³-hybridized carbons (Fsp3) is 0.281. The topological polar surface area (TPSA) is 84.1 Å². The largest absolute Gasteiger partial charge is 0.463 e. The Bertz CT molecular complexity index is 1940. The van der Waals surface area contributed by atoms with Gasteiger partial charge in [0.15, 0.2) is 16.3 Å². The summed E-state index contributed by atoms with van der Waals surface area (Å²) in [6.07, 6.45) is 1.92. The summed E-state index contributed by atoms with van der Waals surface area (Å²) in [5.74, 6) is 0.697. The summed E-state index contributed by atoms with van der Waals surface area (Å²) < 4.78 is 20.8. The molecule has 2 aliphatic heterocycles. The van der Waals surface area contributed by atoms with Crippen LogP contribution >= 0.6 is 11.3 Å². The zero-order valence-electron chi connectivity index (χ0n) is 23.9. The minimum absolute atomic E-state index is 0.127. The molecule has 0 fully saturated rings. The zero-order valence-corrected chi connectivity index (χ0v) is 24.7. The molecule has 2 aromatic carbocycles. The third-order valence-electron chi connectivity index (χ3n) is 7.73. The summed E-state index contributed by atoms with van der Waals surface area (Å²) >= 11 is 1.31. The molecule has 8 nitrogen and oxygen atoms in total. The van der Waals surface area contributed by atoms with Crippen molar-refractivity contribution >= 4 is 23.4 Å². The minimum atomic E-state index is -0.718. The number of nitrogens with zero attached hydrogens (tertiary/aromatic N) is 3. The second-order valence-corrected chi connectivity index (χ2v) is 11.4. The summed E-state index contributed by atoms with van der Waals surface area (Å²) in [6.45, 7) is 12.2. The maximum absolute atomic E-state index is 14.1. The van der Waals surface area contributed by atoms with E-state index in [1.807, 2.05) is 18.2 Å². The summed E-state index contributed by atoms with van der Waals surface area (Å²) in [7, 11) is 0. The number of thiazole rings is 1. The fourth-order valence-electron chi connectivity index (χ4n) is 5.53. The number of benzene rings is 2. The third kappa shape index (κ3) is 4.50. The molecule has 9 heteroatoms. The van der Waals surface area contributed by atoms with Crippen molar-refractivity contribution in [2.24, 2.45) is 4.99 Å². The van der Waals surface area contributed by atoms with E-state index in [9.17, 15) is 9.59 Å². The number of aryl methyl sites for hydroxylation is 3. The van der Waals surface area contributed by atoms with E-state index in [1.54, 1.807) is 24.5 Å². The van der Waals surface area contributed by atoms with Gasteiger partial charge < -0.3 is 18.8 Å². The van der Waals surface area contributed by atoms with Gasteiger partial charge in [0.1, 0.15) is 0 Å². The molecule has 0 saturated carbocycles. The van der Waals surface area contributed by atoms with Crippen LogP contribution in [0.15, 0.2) is 63.5 Å². The standard InChI is InChI=1S/C32H31N3O5S/c1-7-38-31(37)28-20(5)33-32-35(29(28)22-9-11-25-26(14-22)40-16-39-25)30(36)27(41-32)15-23-13-19(4)34(21(23)6)24-10-8-17(2)18(3)12-24/h8-15,29H,7,16H2,1-6H3/b27-15+/t29-/m1/s1. The molecule has 0 spiro atoms. The van der Waals surface area contributed by atoms with Crippen LogP contribution in [-0.2, 0) is 9.53 Å². The highest BCUT2D eigenvalue weighted by molar-refractivity contribution is 7.07. The average molecular weight is 570 g/mol. The monoisotopic (exact) mass is 569 g/mol. The SMILES string of the molecule is CCOC(=O)C1=C(C)N=c2s/c(=C/c3cc(C)n(-c4ccc(C)c(C)c4)c3C)c(=O)n2[C@@H]1c1ccc2c(c1)OCO2. The van der Waals surface area contributed by atoms with E-state index >= 15 is 0 Å². The number of hydrogen-bond acceptors (Lipinski definition) is 7. The summed E-state index contributed by atoms with van der Waals surface area (Å²) in [4.78, 5) is 32.5. The lowest BCUT2D eigenvalue weighted by Gasteiger charge is -2.24. The van der Waals surface area contributed by atoms with Gasteiger partial charge in [0.05, 0.1) is 28.5 Å². The molecule has 0 unspecified atom stereocenters. The average Bonchev–Trinajstić information content (AvgIpc) is 3.60. The number of carbonyl (C=O) groups excluding carboxylic acids is 1. The first-order valence-electron chi connectivity index (χ1n) is 13.5. The van der Waals surface area contributed by atoms with E-state index in [-0.39, 0.29) is 19.0 Å². The van der Waals surface area contributed by atoms with Gasteiger partial charge in [-0.2, -0.15) is 0 Å². The lowest BCUT2D eigenvalue weighted by molar-refractivity contribution is -0.139. The molecule has 2 aliphatic rings. The zero-order chi connectivity index (χ0) is 29.0. The highest BCUT2D eigenvalue weighted by atomic mass is 32.1. The van der Waals surface area contributed by atoms with Gasteiger partial charge in [-0.15, -0.1) is 0 Å². The molecule has 0 saturated heterocycles. The van der Waals surface area contributed by atoms with Crippen molar-refractivity contribution in [3.63, 3.8) is 0 Å². The Morgan fingerprint density at radius 3 is 2.59 bits per heavy atom. The maximum Gasteiger partial charge on any atom is 0.338 e. The molecular weight excluding hydrogens is 538 g/mol. The number of rotatable bonds is 5. The van der Waals surface area contributed by atoms with Gasteiger partial charge in [-0.25, -0.2) is 9.79 Å². The summed E-state index contributed by atoms with van der Waals surface area (Å²) in [5.41, 5.74) is 7.95. The van der Waals surface area contributed by atoms with E-state index in [1.165, 1.54) is 22.5 Å².